The molecule has 3 aliphatic rings. The molecule has 0 radical (unpaired) electrons. The standard InChI is InChI=1S/C16H24N2OS.2C2HF3O2/c1-2-13(1)11-19-16-7-15-9-17(4-5-18(15)10-16)8-14-3-6-20-12-14;2*3-2(4,5)1(6)7/h3,6,12-13,15-16H,1-2,4-5,7-11H2;2*(H,6,7). The van der Waals surface area contributed by atoms with Crippen molar-refractivity contribution in [3.8, 4) is 0 Å². The number of aliphatic carboxylic acids is 2. The van der Waals surface area contributed by atoms with Gasteiger partial charge in [0.15, 0.2) is 0 Å². The zero-order chi connectivity index (χ0) is 25.5. The number of fused-ring (bicyclic) bond motifs is 1. The van der Waals surface area contributed by atoms with Crippen LogP contribution in [0.2, 0.25) is 0 Å². The molecule has 3 fully saturated rings. The first kappa shape index (κ1) is 28.3. The highest BCUT2D eigenvalue weighted by Crippen LogP contribution is 2.31. The summed E-state index contributed by atoms with van der Waals surface area (Å²) in [6.07, 6.45) is -5.63. The van der Waals surface area contributed by atoms with Gasteiger partial charge in [-0.05, 0) is 47.6 Å². The van der Waals surface area contributed by atoms with Crippen LogP contribution in [0.5, 0.6) is 0 Å². The second-order valence-electron chi connectivity index (χ2n) is 8.26. The molecule has 1 aliphatic carbocycles. The molecule has 194 valence electrons. The third kappa shape index (κ3) is 10.2. The van der Waals surface area contributed by atoms with Crippen molar-refractivity contribution in [3.05, 3.63) is 22.4 Å². The molecule has 0 aromatic carbocycles. The summed E-state index contributed by atoms with van der Waals surface area (Å²) < 4.78 is 69.6. The van der Waals surface area contributed by atoms with Gasteiger partial charge in [0.25, 0.3) is 0 Å². The van der Waals surface area contributed by atoms with Gasteiger partial charge in [0.2, 0.25) is 0 Å². The van der Waals surface area contributed by atoms with Crippen molar-refractivity contribution in [2.45, 2.75) is 50.3 Å². The van der Waals surface area contributed by atoms with Gasteiger partial charge in [0.05, 0.1) is 6.10 Å². The first-order chi connectivity index (χ1) is 15.8. The maximum atomic E-state index is 10.6. The number of hydrogen-bond acceptors (Lipinski definition) is 6. The fourth-order valence-electron chi connectivity index (χ4n) is 3.52. The highest BCUT2D eigenvalue weighted by molar-refractivity contribution is 7.07. The zero-order valence-corrected chi connectivity index (χ0v) is 18.8. The maximum Gasteiger partial charge on any atom is 0.490 e. The second kappa shape index (κ2) is 12.2. The number of halogens is 6. The molecule has 2 unspecified atom stereocenters. The first-order valence-corrected chi connectivity index (χ1v) is 11.4. The lowest BCUT2D eigenvalue weighted by Gasteiger charge is -2.37. The third-order valence-corrected chi connectivity index (χ3v) is 6.13. The van der Waals surface area contributed by atoms with E-state index < -0.39 is 24.3 Å². The lowest BCUT2D eigenvalue weighted by atomic mass is 10.1. The Morgan fingerprint density at radius 3 is 2.09 bits per heavy atom. The number of thiophene rings is 1. The Morgan fingerprint density at radius 1 is 1.03 bits per heavy atom. The summed E-state index contributed by atoms with van der Waals surface area (Å²) in [5.41, 5.74) is 1.47. The molecule has 2 saturated heterocycles. The van der Waals surface area contributed by atoms with Gasteiger partial charge in [-0.25, -0.2) is 9.59 Å². The Kier molecular flexibility index (Phi) is 10.2. The van der Waals surface area contributed by atoms with Crippen LogP contribution in [0.3, 0.4) is 0 Å². The Bertz CT molecular complexity index is 761. The molecule has 0 amide bonds. The van der Waals surface area contributed by atoms with Gasteiger partial charge in [-0.15, -0.1) is 0 Å². The molecule has 34 heavy (non-hydrogen) atoms. The molecule has 1 aromatic heterocycles. The fourth-order valence-corrected chi connectivity index (χ4v) is 4.18. The lowest BCUT2D eigenvalue weighted by Crippen LogP contribution is -2.49. The number of piperazine rings is 1. The van der Waals surface area contributed by atoms with Gasteiger partial charge in [0, 0.05) is 45.4 Å². The van der Waals surface area contributed by atoms with Crippen LogP contribution in [0.15, 0.2) is 16.8 Å². The smallest absolute Gasteiger partial charge is 0.475 e. The first-order valence-electron chi connectivity index (χ1n) is 10.4. The summed E-state index contributed by atoms with van der Waals surface area (Å²) in [6.45, 7) is 6.97. The van der Waals surface area contributed by atoms with E-state index in [0.29, 0.717) is 6.10 Å². The molecule has 0 spiro atoms. The van der Waals surface area contributed by atoms with Crippen LogP contribution in [0.25, 0.3) is 0 Å². The quantitative estimate of drug-likeness (QED) is 0.573. The topological polar surface area (TPSA) is 90.3 Å². The minimum absolute atomic E-state index is 0.502. The average molecular weight is 520 g/mol. The molecule has 1 saturated carbocycles. The van der Waals surface area contributed by atoms with Crippen LogP contribution >= 0.6 is 11.3 Å². The molecule has 2 aliphatic heterocycles. The van der Waals surface area contributed by atoms with Crippen molar-refractivity contribution in [3.63, 3.8) is 0 Å². The third-order valence-electron chi connectivity index (χ3n) is 5.40. The van der Waals surface area contributed by atoms with Crippen molar-refractivity contribution < 1.29 is 50.9 Å². The van der Waals surface area contributed by atoms with Crippen molar-refractivity contribution in [2.24, 2.45) is 5.92 Å². The molecular formula is C20H26F6N2O5S. The molecular weight excluding hydrogens is 494 g/mol. The lowest BCUT2D eigenvalue weighted by molar-refractivity contribution is -0.193. The van der Waals surface area contributed by atoms with E-state index in [4.69, 9.17) is 24.5 Å². The van der Waals surface area contributed by atoms with Gasteiger partial charge in [-0.1, -0.05) is 0 Å². The summed E-state index contributed by atoms with van der Waals surface area (Å²) in [5, 5.41) is 18.7. The molecule has 3 heterocycles. The predicted molar refractivity (Wildman–Crippen MR) is 109 cm³/mol. The molecule has 14 heteroatoms. The van der Waals surface area contributed by atoms with E-state index in [0.717, 1.165) is 25.1 Å². The zero-order valence-electron chi connectivity index (χ0n) is 18.0. The van der Waals surface area contributed by atoms with Crippen LogP contribution in [0.4, 0.5) is 26.3 Å². The van der Waals surface area contributed by atoms with Gasteiger partial charge < -0.3 is 14.9 Å². The van der Waals surface area contributed by atoms with Gasteiger partial charge in [-0.3, -0.25) is 9.80 Å². The van der Waals surface area contributed by atoms with E-state index >= 15 is 0 Å². The number of alkyl halides is 6. The van der Waals surface area contributed by atoms with Crippen LogP contribution in [0, 0.1) is 5.92 Å². The van der Waals surface area contributed by atoms with Crippen LogP contribution in [-0.2, 0) is 20.9 Å². The molecule has 4 rings (SSSR count). The predicted octanol–water partition coefficient (Wildman–Crippen LogP) is 3.70. The van der Waals surface area contributed by atoms with Crippen LogP contribution < -0.4 is 0 Å². The van der Waals surface area contributed by atoms with Crippen molar-refractivity contribution in [1.82, 2.24) is 9.80 Å². The number of hydrogen-bond donors (Lipinski definition) is 2. The number of carboxylic acids is 2. The van der Waals surface area contributed by atoms with Crippen LogP contribution in [-0.4, -0.2) is 89.2 Å². The highest BCUT2D eigenvalue weighted by Gasteiger charge is 2.39. The highest BCUT2D eigenvalue weighted by atomic mass is 32.1. The van der Waals surface area contributed by atoms with Gasteiger partial charge >= 0.3 is 24.3 Å². The van der Waals surface area contributed by atoms with Crippen molar-refractivity contribution in [2.75, 3.05) is 32.8 Å². The van der Waals surface area contributed by atoms with Crippen molar-refractivity contribution in [1.29, 1.82) is 0 Å². The Labute approximate surface area is 195 Å². The van der Waals surface area contributed by atoms with E-state index in [1.54, 1.807) is 11.3 Å². The van der Waals surface area contributed by atoms with E-state index in [-0.39, 0.29) is 0 Å². The van der Waals surface area contributed by atoms with E-state index in [1.807, 2.05) is 0 Å². The SMILES string of the molecule is O=C(O)C(F)(F)F.O=C(O)C(F)(F)F.c1cc(CN2CCN3CC(OCC4CC4)CC3C2)cs1. The second-order valence-corrected chi connectivity index (χ2v) is 9.04. The van der Waals surface area contributed by atoms with Gasteiger partial charge in [-0.2, -0.15) is 37.7 Å². The summed E-state index contributed by atoms with van der Waals surface area (Å²) in [7, 11) is 0. The number of carboxylic acid groups (broad SMARTS) is 2. The normalized spacial score (nSPS) is 23.2. The Morgan fingerprint density at radius 2 is 1.62 bits per heavy atom. The molecule has 2 N–H and O–H groups in total. The fraction of sp³-hybridized carbons (Fsp3) is 0.700. The van der Waals surface area contributed by atoms with Gasteiger partial charge in [0.1, 0.15) is 0 Å². The Hall–Kier alpha value is -1.90. The van der Waals surface area contributed by atoms with Crippen molar-refractivity contribution >= 4 is 23.3 Å². The minimum Gasteiger partial charge on any atom is -0.475 e. The summed E-state index contributed by atoms with van der Waals surface area (Å²) >= 11 is 1.81. The monoisotopic (exact) mass is 520 g/mol. The van der Waals surface area contributed by atoms with Crippen LogP contribution in [0.1, 0.15) is 24.8 Å². The summed E-state index contributed by atoms with van der Waals surface area (Å²) in [5.74, 6) is -4.62. The number of rotatable bonds is 5. The summed E-state index contributed by atoms with van der Waals surface area (Å²) in [4.78, 5) is 23.1. The number of carbonyl (C=O) groups is 2. The largest absolute Gasteiger partial charge is 0.490 e. The van der Waals surface area contributed by atoms with E-state index in [9.17, 15) is 26.3 Å². The molecule has 7 nitrogen and oxygen atoms in total. The van der Waals surface area contributed by atoms with E-state index in [2.05, 4.69) is 26.6 Å². The molecule has 2 atom stereocenters. The molecule has 0 bridgehead atoms. The van der Waals surface area contributed by atoms with E-state index in [1.165, 1.54) is 51.0 Å². The number of nitrogens with zero attached hydrogens (tertiary/aromatic N) is 2. The average Bonchev–Trinajstić information content (AvgIpc) is 3.24. The maximum absolute atomic E-state index is 10.6. The minimum atomic E-state index is -5.08. The summed E-state index contributed by atoms with van der Waals surface area (Å²) in [6, 6.07) is 2.99. The Balaban J connectivity index is 0.000000244. The number of ether oxygens (including phenoxy) is 1. The molecule has 1 aromatic rings.